The molecule has 3 N–H and O–H groups in total. The van der Waals surface area contributed by atoms with Crippen molar-refractivity contribution in [2.75, 3.05) is 18.0 Å². The van der Waals surface area contributed by atoms with Gasteiger partial charge in [-0.15, -0.1) is 0 Å². The van der Waals surface area contributed by atoms with Crippen molar-refractivity contribution in [2.45, 2.75) is 32.8 Å². The van der Waals surface area contributed by atoms with Crippen LogP contribution in [0.4, 0.5) is 5.69 Å². The number of benzene rings is 1. The molecule has 0 aliphatic heterocycles. The number of amides is 1. The number of anilines is 1. The van der Waals surface area contributed by atoms with Crippen molar-refractivity contribution in [2.24, 2.45) is 5.73 Å². The molecule has 0 unspecified atom stereocenters. The van der Waals surface area contributed by atoms with Gasteiger partial charge in [-0.25, -0.2) is 0 Å². The van der Waals surface area contributed by atoms with Gasteiger partial charge in [0.15, 0.2) is 0 Å². The zero-order valence-corrected chi connectivity index (χ0v) is 11.1. The number of aliphatic hydroxyl groups excluding tert-OH is 1. The molecule has 100 valence electrons. The largest absolute Gasteiger partial charge is 0.389 e. The number of carbonyl (C=O) groups excluding carboxylic acids is 1. The van der Waals surface area contributed by atoms with Crippen LogP contribution in [0.15, 0.2) is 24.3 Å². The predicted molar refractivity (Wildman–Crippen MR) is 73.4 cm³/mol. The van der Waals surface area contributed by atoms with Crippen LogP contribution in [0.1, 0.15) is 38.4 Å². The van der Waals surface area contributed by atoms with Crippen LogP contribution in [0.3, 0.4) is 0 Å². The number of rotatable bonds is 7. The SMILES string of the molecule is CCCCN(CC(N)=O)c1ccc([C@@H](C)O)cc1. The van der Waals surface area contributed by atoms with Crippen LogP contribution in [-0.2, 0) is 4.79 Å². The molecule has 1 rings (SSSR count). The number of nitrogens with zero attached hydrogens (tertiary/aromatic N) is 1. The van der Waals surface area contributed by atoms with E-state index in [-0.39, 0.29) is 12.5 Å². The van der Waals surface area contributed by atoms with E-state index in [1.807, 2.05) is 29.2 Å². The van der Waals surface area contributed by atoms with Crippen LogP contribution in [0.25, 0.3) is 0 Å². The number of nitrogens with two attached hydrogens (primary N) is 1. The standard InChI is InChI=1S/C14H22N2O2/c1-3-4-9-16(10-14(15)18)13-7-5-12(6-8-13)11(2)17/h5-8,11,17H,3-4,9-10H2,1-2H3,(H2,15,18)/t11-/m1/s1. The van der Waals surface area contributed by atoms with Gasteiger partial charge in [-0.1, -0.05) is 25.5 Å². The van der Waals surface area contributed by atoms with Crippen molar-refractivity contribution in [1.29, 1.82) is 0 Å². The molecule has 0 saturated heterocycles. The third kappa shape index (κ3) is 4.37. The Morgan fingerprint density at radius 1 is 1.39 bits per heavy atom. The lowest BCUT2D eigenvalue weighted by atomic mass is 10.1. The zero-order valence-electron chi connectivity index (χ0n) is 11.1. The molecule has 0 aromatic heterocycles. The first-order chi connectivity index (χ1) is 8.54. The molecule has 1 atom stereocenters. The predicted octanol–water partition coefficient (Wildman–Crippen LogP) is 1.83. The first-order valence-corrected chi connectivity index (χ1v) is 6.36. The minimum Gasteiger partial charge on any atom is -0.389 e. The second-order valence-corrected chi connectivity index (χ2v) is 4.51. The Bertz CT molecular complexity index is 374. The molecule has 1 aromatic rings. The number of unbranched alkanes of at least 4 members (excludes halogenated alkanes) is 1. The summed E-state index contributed by atoms with van der Waals surface area (Å²) < 4.78 is 0. The number of hydrogen-bond donors (Lipinski definition) is 2. The second-order valence-electron chi connectivity index (χ2n) is 4.51. The highest BCUT2D eigenvalue weighted by molar-refractivity contribution is 5.79. The molecular weight excluding hydrogens is 228 g/mol. The minimum atomic E-state index is -0.473. The van der Waals surface area contributed by atoms with Crippen molar-refractivity contribution >= 4 is 11.6 Å². The molecule has 0 radical (unpaired) electrons. The minimum absolute atomic E-state index is 0.230. The van der Waals surface area contributed by atoms with Gasteiger partial charge in [0.05, 0.1) is 12.6 Å². The van der Waals surface area contributed by atoms with Crippen LogP contribution < -0.4 is 10.6 Å². The monoisotopic (exact) mass is 250 g/mol. The molecule has 4 nitrogen and oxygen atoms in total. The van der Waals surface area contributed by atoms with Gasteiger partial charge in [0.25, 0.3) is 0 Å². The van der Waals surface area contributed by atoms with Gasteiger partial charge in [-0.2, -0.15) is 0 Å². The first-order valence-electron chi connectivity index (χ1n) is 6.36. The van der Waals surface area contributed by atoms with E-state index < -0.39 is 6.10 Å². The highest BCUT2D eigenvalue weighted by Gasteiger charge is 2.09. The Kier molecular flexibility index (Phi) is 5.65. The van der Waals surface area contributed by atoms with Gasteiger partial charge in [-0.05, 0) is 31.0 Å². The summed E-state index contributed by atoms with van der Waals surface area (Å²) in [7, 11) is 0. The fraction of sp³-hybridized carbons (Fsp3) is 0.500. The van der Waals surface area contributed by atoms with Gasteiger partial charge < -0.3 is 15.7 Å². The average molecular weight is 250 g/mol. The summed E-state index contributed by atoms with van der Waals surface area (Å²) >= 11 is 0. The van der Waals surface area contributed by atoms with E-state index in [0.29, 0.717) is 0 Å². The van der Waals surface area contributed by atoms with Gasteiger partial charge >= 0.3 is 0 Å². The molecular formula is C14H22N2O2. The average Bonchev–Trinajstić information content (AvgIpc) is 2.34. The summed E-state index contributed by atoms with van der Waals surface area (Å²) in [4.78, 5) is 13.0. The van der Waals surface area contributed by atoms with Crippen molar-refractivity contribution in [3.8, 4) is 0 Å². The van der Waals surface area contributed by atoms with E-state index in [1.165, 1.54) is 0 Å². The Morgan fingerprint density at radius 3 is 2.44 bits per heavy atom. The third-order valence-corrected chi connectivity index (χ3v) is 2.87. The molecule has 1 aromatic carbocycles. The van der Waals surface area contributed by atoms with Crippen molar-refractivity contribution in [3.05, 3.63) is 29.8 Å². The molecule has 0 heterocycles. The number of aliphatic hydroxyl groups is 1. The van der Waals surface area contributed by atoms with Crippen molar-refractivity contribution in [3.63, 3.8) is 0 Å². The molecule has 0 saturated carbocycles. The molecule has 0 spiro atoms. The lowest BCUT2D eigenvalue weighted by molar-refractivity contribution is -0.116. The Hall–Kier alpha value is -1.55. The van der Waals surface area contributed by atoms with Crippen LogP contribution in [0.5, 0.6) is 0 Å². The topological polar surface area (TPSA) is 66.6 Å². The fourth-order valence-electron chi connectivity index (χ4n) is 1.80. The lowest BCUT2D eigenvalue weighted by Crippen LogP contribution is -2.34. The molecule has 0 bridgehead atoms. The maximum absolute atomic E-state index is 11.1. The van der Waals surface area contributed by atoms with Crippen molar-refractivity contribution < 1.29 is 9.90 Å². The van der Waals surface area contributed by atoms with E-state index in [0.717, 1.165) is 30.6 Å². The van der Waals surface area contributed by atoms with Crippen molar-refractivity contribution in [1.82, 2.24) is 0 Å². The summed E-state index contributed by atoms with van der Waals surface area (Å²) in [6.45, 7) is 4.88. The zero-order chi connectivity index (χ0) is 13.5. The van der Waals surface area contributed by atoms with E-state index in [4.69, 9.17) is 5.73 Å². The van der Waals surface area contributed by atoms with Gasteiger partial charge in [0.1, 0.15) is 0 Å². The maximum Gasteiger partial charge on any atom is 0.236 e. The van der Waals surface area contributed by atoms with E-state index >= 15 is 0 Å². The fourth-order valence-corrected chi connectivity index (χ4v) is 1.80. The van der Waals surface area contributed by atoms with E-state index in [2.05, 4.69) is 6.92 Å². The Balaban J connectivity index is 2.80. The number of carbonyl (C=O) groups is 1. The van der Waals surface area contributed by atoms with E-state index in [1.54, 1.807) is 6.92 Å². The maximum atomic E-state index is 11.1. The van der Waals surface area contributed by atoms with Crippen LogP contribution >= 0.6 is 0 Å². The summed E-state index contributed by atoms with van der Waals surface area (Å²) in [6.07, 6.45) is 1.62. The molecule has 0 aliphatic rings. The molecule has 4 heteroatoms. The summed E-state index contributed by atoms with van der Waals surface area (Å²) in [5.41, 5.74) is 7.09. The Labute approximate surface area is 108 Å². The van der Waals surface area contributed by atoms with Gasteiger partial charge in [0.2, 0.25) is 5.91 Å². The Morgan fingerprint density at radius 2 is 2.00 bits per heavy atom. The molecule has 0 aliphatic carbocycles. The third-order valence-electron chi connectivity index (χ3n) is 2.87. The molecule has 0 fully saturated rings. The second kappa shape index (κ2) is 7.01. The molecule has 18 heavy (non-hydrogen) atoms. The first kappa shape index (κ1) is 14.5. The highest BCUT2D eigenvalue weighted by Crippen LogP contribution is 2.19. The summed E-state index contributed by atoms with van der Waals surface area (Å²) in [6, 6.07) is 7.58. The number of primary amides is 1. The lowest BCUT2D eigenvalue weighted by Gasteiger charge is -2.23. The van der Waals surface area contributed by atoms with Crippen LogP contribution in [-0.4, -0.2) is 24.1 Å². The van der Waals surface area contributed by atoms with E-state index in [9.17, 15) is 9.90 Å². The van der Waals surface area contributed by atoms with Gasteiger partial charge in [0, 0.05) is 12.2 Å². The normalized spacial score (nSPS) is 12.2. The smallest absolute Gasteiger partial charge is 0.236 e. The summed E-state index contributed by atoms with van der Waals surface area (Å²) in [5, 5.41) is 9.45. The van der Waals surface area contributed by atoms with Gasteiger partial charge in [-0.3, -0.25) is 4.79 Å². The summed E-state index contributed by atoms with van der Waals surface area (Å²) in [5.74, 6) is -0.328. The number of hydrogen-bond acceptors (Lipinski definition) is 3. The van der Waals surface area contributed by atoms with Crippen LogP contribution in [0, 0.1) is 0 Å². The molecule has 1 amide bonds. The van der Waals surface area contributed by atoms with Crippen LogP contribution in [0.2, 0.25) is 0 Å². The quantitative estimate of drug-likeness (QED) is 0.776. The highest BCUT2D eigenvalue weighted by atomic mass is 16.3.